The van der Waals surface area contributed by atoms with Crippen LogP contribution in [-0.4, -0.2) is 39.6 Å². The van der Waals surface area contributed by atoms with Gasteiger partial charge in [-0.05, 0) is 49.2 Å². The Morgan fingerprint density at radius 1 is 1.21 bits per heavy atom. The van der Waals surface area contributed by atoms with E-state index < -0.39 is 0 Å². The van der Waals surface area contributed by atoms with E-state index in [9.17, 15) is 9.18 Å². The van der Waals surface area contributed by atoms with E-state index in [-0.39, 0.29) is 36.4 Å². The number of halogens is 1. The Hall–Kier alpha value is -3.38. The van der Waals surface area contributed by atoms with E-state index in [1.165, 1.54) is 17.8 Å². The van der Waals surface area contributed by atoms with Gasteiger partial charge in [-0.25, -0.2) is 4.39 Å². The minimum Gasteiger partial charge on any atom is -0.494 e. The minimum absolute atomic E-state index is 0.103. The zero-order chi connectivity index (χ0) is 24.5. The maximum Gasteiger partial charge on any atom is 0.237 e. The minimum atomic E-state index is -0.370. The van der Waals surface area contributed by atoms with Crippen LogP contribution in [0.4, 0.5) is 10.1 Å². The van der Waals surface area contributed by atoms with E-state index in [1.807, 2.05) is 23.6 Å². The van der Waals surface area contributed by atoms with Gasteiger partial charge >= 0.3 is 0 Å². The number of aromatic nitrogens is 3. The molecule has 0 atom stereocenters. The van der Waals surface area contributed by atoms with E-state index in [1.54, 1.807) is 35.2 Å². The van der Waals surface area contributed by atoms with Crippen LogP contribution in [0.15, 0.2) is 53.7 Å². The Morgan fingerprint density at radius 2 is 1.94 bits per heavy atom. The summed E-state index contributed by atoms with van der Waals surface area (Å²) < 4.78 is 21.8. The third kappa shape index (κ3) is 6.35. The fourth-order valence-corrected chi connectivity index (χ4v) is 4.24. The lowest BCUT2D eigenvalue weighted by atomic mass is 10.2. The highest BCUT2D eigenvalue weighted by atomic mass is 32.2. The van der Waals surface area contributed by atoms with Crippen LogP contribution < -0.4 is 9.64 Å². The number of carbonyl (C=O) groups excluding carboxylic acids is 1. The lowest BCUT2D eigenvalue weighted by Gasteiger charge is -2.22. The molecule has 1 heterocycles. The summed E-state index contributed by atoms with van der Waals surface area (Å²) in [5, 5.41) is 18.1. The van der Waals surface area contributed by atoms with Gasteiger partial charge in [0, 0.05) is 18.8 Å². The molecule has 0 spiro atoms. The predicted octanol–water partition coefficient (Wildman–Crippen LogP) is 5.18. The largest absolute Gasteiger partial charge is 0.494 e. The lowest BCUT2D eigenvalue weighted by Crippen LogP contribution is -2.33. The lowest BCUT2D eigenvalue weighted by molar-refractivity contribution is -0.116. The number of ether oxygens (including phenoxy) is 1. The first-order chi connectivity index (χ1) is 16.4. The van der Waals surface area contributed by atoms with Crippen LogP contribution in [0.2, 0.25) is 0 Å². The number of rotatable bonds is 11. The number of thioether (sulfide) groups is 1. The van der Waals surface area contributed by atoms with Gasteiger partial charge in [0.15, 0.2) is 11.0 Å². The Kier molecular flexibility index (Phi) is 9.05. The quantitative estimate of drug-likeness (QED) is 0.351. The summed E-state index contributed by atoms with van der Waals surface area (Å²) in [5.41, 5.74) is 1.07. The molecule has 0 aliphatic carbocycles. The van der Waals surface area contributed by atoms with Crippen molar-refractivity contribution in [1.82, 2.24) is 14.8 Å². The summed E-state index contributed by atoms with van der Waals surface area (Å²) in [7, 11) is 0. The van der Waals surface area contributed by atoms with Gasteiger partial charge < -0.3 is 14.2 Å². The maximum absolute atomic E-state index is 14.4. The fraction of sp³-hybridized carbons (Fsp3) is 0.360. The number of hydrogen-bond donors (Lipinski definition) is 0. The molecule has 1 amide bonds. The molecule has 0 aliphatic heterocycles. The van der Waals surface area contributed by atoms with E-state index in [0.29, 0.717) is 35.4 Å². The number of nitrogens with zero attached hydrogens (tertiary/aromatic N) is 5. The first-order valence-electron chi connectivity index (χ1n) is 11.2. The van der Waals surface area contributed by atoms with Crippen LogP contribution in [0.3, 0.4) is 0 Å². The molecule has 2 aromatic carbocycles. The van der Waals surface area contributed by atoms with Crippen LogP contribution in [0.1, 0.15) is 27.2 Å². The zero-order valence-corrected chi connectivity index (χ0v) is 20.4. The molecule has 0 saturated carbocycles. The average molecular weight is 482 g/mol. The number of anilines is 1. The van der Waals surface area contributed by atoms with Gasteiger partial charge in [0.05, 0.1) is 30.4 Å². The van der Waals surface area contributed by atoms with Crippen molar-refractivity contribution >= 4 is 23.4 Å². The molecule has 0 radical (unpaired) electrons. The Bertz CT molecular complexity index is 1140. The molecule has 0 aliphatic rings. The van der Waals surface area contributed by atoms with Crippen molar-refractivity contribution in [1.29, 1.82) is 5.26 Å². The smallest absolute Gasteiger partial charge is 0.237 e. The van der Waals surface area contributed by atoms with Gasteiger partial charge in [-0.15, -0.1) is 10.2 Å². The third-order valence-electron chi connectivity index (χ3n) is 4.91. The van der Waals surface area contributed by atoms with E-state index in [2.05, 4.69) is 30.1 Å². The van der Waals surface area contributed by atoms with Crippen LogP contribution in [0.25, 0.3) is 11.4 Å². The molecule has 7 nitrogen and oxygen atoms in total. The number of amides is 1. The van der Waals surface area contributed by atoms with Crippen LogP contribution >= 0.6 is 11.8 Å². The summed E-state index contributed by atoms with van der Waals surface area (Å²) in [5.74, 6) is 1.01. The van der Waals surface area contributed by atoms with Crippen molar-refractivity contribution in [3.63, 3.8) is 0 Å². The second kappa shape index (κ2) is 12.2. The number of carbonyl (C=O) groups is 1. The monoisotopic (exact) mass is 481 g/mol. The van der Waals surface area contributed by atoms with Gasteiger partial charge in [-0.3, -0.25) is 4.79 Å². The fourth-order valence-electron chi connectivity index (χ4n) is 3.42. The van der Waals surface area contributed by atoms with Gasteiger partial charge in [0.25, 0.3) is 0 Å². The van der Waals surface area contributed by atoms with Gasteiger partial charge in [-0.1, -0.05) is 37.7 Å². The van der Waals surface area contributed by atoms with Crippen molar-refractivity contribution in [2.45, 2.75) is 38.9 Å². The first kappa shape index (κ1) is 25.2. The van der Waals surface area contributed by atoms with Crippen molar-refractivity contribution in [3.8, 4) is 23.2 Å². The average Bonchev–Trinajstić information content (AvgIpc) is 3.21. The molecule has 0 bridgehead atoms. The Labute approximate surface area is 203 Å². The molecule has 178 valence electrons. The summed E-state index contributed by atoms with van der Waals surface area (Å²) in [6.45, 7) is 7.44. The second-order valence-corrected chi connectivity index (χ2v) is 8.90. The molecule has 3 aromatic rings. The number of nitriles is 1. The standard InChI is InChI=1S/C25H28FN5O2S/c1-4-33-20-12-10-19(11-13-20)30(15-7-14-27)23(32)17-34-25-29-28-24(31(25)16-18(2)3)21-8-5-6-9-22(21)26/h5-6,8-13,18H,4,7,15-17H2,1-3H3. The van der Waals surface area contributed by atoms with Crippen LogP contribution in [0.5, 0.6) is 5.75 Å². The Morgan fingerprint density at radius 3 is 2.59 bits per heavy atom. The SMILES string of the molecule is CCOc1ccc(N(CCC#N)C(=O)CSc2nnc(-c3ccccc3F)n2CC(C)C)cc1. The third-order valence-corrected chi connectivity index (χ3v) is 5.86. The van der Waals surface area contributed by atoms with E-state index in [4.69, 9.17) is 10.00 Å². The summed E-state index contributed by atoms with van der Waals surface area (Å²) in [6, 6.07) is 15.8. The van der Waals surface area contributed by atoms with E-state index >= 15 is 0 Å². The zero-order valence-electron chi connectivity index (χ0n) is 19.6. The van der Waals surface area contributed by atoms with Crippen LogP contribution in [-0.2, 0) is 11.3 Å². The highest BCUT2D eigenvalue weighted by Gasteiger charge is 2.21. The number of hydrogen-bond acceptors (Lipinski definition) is 6. The van der Waals surface area contributed by atoms with Gasteiger partial charge in [0.1, 0.15) is 11.6 Å². The van der Waals surface area contributed by atoms with Gasteiger partial charge in [-0.2, -0.15) is 5.26 Å². The van der Waals surface area contributed by atoms with Crippen molar-refractivity contribution < 1.29 is 13.9 Å². The molecule has 3 rings (SSSR count). The summed E-state index contributed by atoms with van der Waals surface area (Å²) in [6.07, 6.45) is 0.213. The van der Waals surface area contributed by atoms with Gasteiger partial charge in [0.2, 0.25) is 5.91 Å². The molecule has 0 unspecified atom stereocenters. The second-order valence-electron chi connectivity index (χ2n) is 7.96. The predicted molar refractivity (Wildman–Crippen MR) is 131 cm³/mol. The molecule has 9 heteroatoms. The van der Waals surface area contributed by atoms with Crippen molar-refractivity contribution in [2.75, 3.05) is 23.8 Å². The molecular formula is C25H28FN5O2S. The van der Waals surface area contributed by atoms with E-state index in [0.717, 1.165) is 5.75 Å². The number of benzene rings is 2. The van der Waals surface area contributed by atoms with Crippen molar-refractivity contribution in [2.24, 2.45) is 5.92 Å². The Balaban J connectivity index is 1.81. The molecular weight excluding hydrogens is 453 g/mol. The highest BCUT2D eigenvalue weighted by molar-refractivity contribution is 7.99. The normalized spacial score (nSPS) is 10.8. The first-order valence-corrected chi connectivity index (χ1v) is 12.1. The van der Waals surface area contributed by atoms with Crippen molar-refractivity contribution in [3.05, 3.63) is 54.3 Å². The molecule has 0 N–H and O–H groups in total. The summed E-state index contributed by atoms with van der Waals surface area (Å²) in [4.78, 5) is 14.7. The van der Waals surface area contributed by atoms with Crippen LogP contribution in [0, 0.1) is 23.1 Å². The molecule has 0 saturated heterocycles. The molecule has 0 fully saturated rings. The summed E-state index contributed by atoms with van der Waals surface area (Å²) >= 11 is 1.25. The molecule has 34 heavy (non-hydrogen) atoms. The topological polar surface area (TPSA) is 84.0 Å². The highest BCUT2D eigenvalue weighted by Crippen LogP contribution is 2.28. The molecule has 1 aromatic heterocycles. The maximum atomic E-state index is 14.4.